The van der Waals surface area contributed by atoms with Gasteiger partial charge in [-0.2, -0.15) is 0 Å². The Labute approximate surface area is 213 Å². The van der Waals surface area contributed by atoms with Crippen LogP contribution in [0.15, 0.2) is 52.5 Å². The molecule has 8 nitrogen and oxygen atoms in total. The van der Waals surface area contributed by atoms with Crippen LogP contribution in [0.1, 0.15) is 38.1 Å². The number of hydrogen-bond acceptors (Lipinski definition) is 8. The number of carbonyl (C=O) groups is 3. The number of methoxy groups -OCH3 is 2. The van der Waals surface area contributed by atoms with Gasteiger partial charge in [-0.05, 0) is 55.3 Å². The van der Waals surface area contributed by atoms with Crippen molar-refractivity contribution in [2.45, 2.75) is 19.9 Å². The average Bonchev–Trinajstić information content (AvgIpc) is 3.34. The lowest BCUT2D eigenvalue weighted by Crippen LogP contribution is -2.29. The van der Waals surface area contributed by atoms with Gasteiger partial charge >= 0.3 is 11.9 Å². The maximum absolute atomic E-state index is 13.3. The van der Waals surface area contributed by atoms with Crippen molar-refractivity contribution >= 4 is 55.8 Å². The number of amides is 1. The van der Waals surface area contributed by atoms with E-state index in [-0.39, 0.29) is 21.3 Å². The van der Waals surface area contributed by atoms with Gasteiger partial charge in [0.2, 0.25) is 0 Å². The number of carbonyl (C=O) groups excluding carboxylic acids is 3. The first-order valence-corrected chi connectivity index (χ1v) is 12.1. The Morgan fingerprint density at radius 1 is 1.14 bits per heavy atom. The van der Waals surface area contributed by atoms with Gasteiger partial charge in [-0.3, -0.25) is 14.5 Å². The number of aromatic nitrogens is 1. The summed E-state index contributed by atoms with van der Waals surface area (Å²) >= 11 is 4.38. The fraction of sp³-hybridized carbons (Fsp3) is 0.200. The van der Waals surface area contributed by atoms with Crippen LogP contribution in [0.4, 0.5) is 5.13 Å². The van der Waals surface area contributed by atoms with E-state index >= 15 is 0 Å². The van der Waals surface area contributed by atoms with Crippen LogP contribution in [-0.4, -0.2) is 42.0 Å². The normalized spacial score (nSPS) is 17.1. The molecule has 2 aromatic carbocycles. The van der Waals surface area contributed by atoms with E-state index < -0.39 is 23.7 Å². The molecule has 1 N–H and O–H groups in total. The van der Waals surface area contributed by atoms with Gasteiger partial charge in [0.25, 0.3) is 5.78 Å². The monoisotopic (exact) mass is 556 g/mol. The Morgan fingerprint density at radius 3 is 2.51 bits per heavy atom. The fourth-order valence-corrected chi connectivity index (χ4v) is 5.40. The Kier molecular flexibility index (Phi) is 6.77. The first-order chi connectivity index (χ1) is 16.7. The SMILES string of the molecule is COC(=O)c1sc(N2C(=O)C(=O)/C(=C(/O)c3ccc(OC)c(C)c3)[C@@H]2c2cccc(Br)c2)nc1C. The summed E-state index contributed by atoms with van der Waals surface area (Å²) in [6.07, 6.45) is 0. The van der Waals surface area contributed by atoms with E-state index in [1.165, 1.54) is 12.0 Å². The van der Waals surface area contributed by atoms with E-state index in [9.17, 15) is 19.5 Å². The smallest absolute Gasteiger partial charge is 0.350 e. The van der Waals surface area contributed by atoms with Crippen molar-refractivity contribution in [2.75, 3.05) is 19.1 Å². The number of ether oxygens (including phenoxy) is 2. The first-order valence-electron chi connectivity index (χ1n) is 10.4. The van der Waals surface area contributed by atoms with Crippen LogP contribution < -0.4 is 9.64 Å². The van der Waals surface area contributed by atoms with Gasteiger partial charge in [0.05, 0.1) is 31.5 Å². The molecule has 1 saturated heterocycles. The first kappa shape index (κ1) is 24.6. The Morgan fingerprint density at radius 2 is 1.89 bits per heavy atom. The number of aliphatic hydroxyl groups excluding tert-OH is 1. The van der Waals surface area contributed by atoms with Crippen molar-refractivity contribution < 1.29 is 29.0 Å². The molecule has 0 unspecified atom stereocenters. The molecule has 1 atom stereocenters. The second kappa shape index (κ2) is 9.63. The highest BCUT2D eigenvalue weighted by Gasteiger charge is 2.48. The Balaban J connectivity index is 1.94. The molecular weight excluding hydrogens is 536 g/mol. The molecule has 0 aliphatic carbocycles. The van der Waals surface area contributed by atoms with Gasteiger partial charge in [-0.25, -0.2) is 9.78 Å². The third kappa shape index (κ3) is 4.35. The van der Waals surface area contributed by atoms with E-state index in [2.05, 4.69) is 20.9 Å². The van der Waals surface area contributed by atoms with Gasteiger partial charge in [0.1, 0.15) is 16.4 Å². The van der Waals surface area contributed by atoms with Crippen LogP contribution in [-0.2, 0) is 14.3 Å². The molecule has 180 valence electrons. The number of rotatable bonds is 5. The zero-order valence-electron chi connectivity index (χ0n) is 19.3. The summed E-state index contributed by atoms with van der Waals surface area (Å²) in [7, 11) is 2.80. The number of hydrogen-bond donors (Lipinski definition) is 1. The topological polar surface area (TPSA) is 106 Å². The molecule has 2 heterocycles. The number of halogens is 1. The molecule has 1 aliphatic rings. The van der Waals surface area contributed by atoms with E-state index in [1.807, 2.05) is 13.0 Å². The molecule has 0 saturated carbocycles. The lowest BCUT2D eigenvalue weighted by Gasteiger charge is -2.23. The fourth-order valence-electron chi connectivity index (χ4n) is 3.97. The summed E-state index contributed by atoms with van der Waals surface area (Å²) < 4.78 is 10.8. The van der Waals surface area contributed by atoms with Crippen LogP contribution >= 0.6 is 27.3 Å². The molecule has 4 rings (SSSR count). The minimum atomic E-state index is -0.967. The minimum absolute atomic E-state index is 0.0786. The lowest BCUT2D eigenvalue weighted by atomic mass is 9.95. The molecule has 1 fully saturated rings. The molecule has 1 aliphatic heterocycles. The predicted octanol–water partition coefficient (Wildman–Crippen LogP) is 4.94. The van der Waals surface area contributed by atoms with Crippen LogP contribution in [0.5, 0.6) is 5.75 Å². The van der Waals surface area contributed by atoms with Crippen LogP contribution in [0.2, 0.25) is 0 Å². The summed E-state index contributed by atoms with van der Waals surface area (Å²) in [4.78, 5) is 44.6. The molecule has 0 radical (unpaired) electrons. The highest BCUT2D eigenvalue weighted by Crippen LogP contribution is 2.44. The van der Waals surface area contributed by atoms with Crippen molar-refractivity contribution in [2.24, 2.45) is 0 Å². The summed E-state index contributed by atoms with van der Waals surface area (Å²) in [5, 5.41) is 11.4. The van der Waals surface area contributed by atoms with Crippen molar-refractivity contribution in [3.63, 3.8) is 0 Å². The van der Waals surface area contributed by atoms with Crippen molar-refractivity contribution in [3.8, 4) is 5.75 Å². The standard InChI is InChI=1S/C25H21BrN2O6S/c1-12-10-15(8-9-17(12)33-3)20(29)18-19(14-6-5-7-16(26)11-14)28(23(31)21(18)30)25-27-13(2)22(35-25)24(32)34-4/h5-11,19,29H,1-4H3/b20-18+/t19-/m0/s1. The average molecular weight is 557 g/mol. The molecule has 1 aromatic heterocycles. The summed E-state index contributed by atoms with van der Waals surface area (Å²) in [5.41, 5.74) is 2.00. The van der Waals surface area contributed by atoms with Gasteiger partial charge in [0.15, 0.2) is 5.13 Å². The van der Waals surface area contributed by atoms with Crippen LogP contribution in [0, 0.1) is 13.8 Å². The Hall–Kier alpha value is -3.50. The summed E-state index contributed by atoms with van der Waals surface area (Å²) in [6, 6.07) is 11.1. The number of benzene rings is 2. The number of esters is 1. The zero-order valence-corrected chi connectivity index (χ0v) is 21.7. The molecule has 1 amide bonds. The zero-order chi connectivity index (χ0) is 25.4. The highest BCUT2D eigenvalue weighted by molar-refractivity contribution is 9.10. The van der Waals surface area contributed by atoms with E-state index in [0.29, 0.717) is 22.6 Å². The predicted molar refractivity (Wildman–Crippen MR) is 135 cm³/mol. The molecule has 0 spiro atoms. The summed E-state index contributed by atoms with van der Waals surface area (Å²) in [6.45, 7) is 3.43. The van der Waals surface area contributed by atoms with E-state index in [0.717, 1.165) is 21.4 Å². The van der Waals surface area contributed by atoms with Gasteiger partial charge in [0, 0.05) is 10.0 Å². The second-order valence-corrected chi connectivity index (χ2v) is 9.70. The number of Topliss-reactive ketones (excluding diaryl/α,β-unsaturated/α-hetero) is 1. The largest absolute Gasteiger partial charge is 0.507 e. The lowest BCUT2D eigenvalue weighted by molar-refractivity contribution is -0.132. The minimum Gasteiger partial charge on any atom is -0.507 e. The molecule has 3 aromatic rings. The summed E-state index contributed by atoms with van der Waals surface area (Å²) in [5.74, 6) is -1.99. The molecule has 35 heavy (non-hydrogen) atoms. The van der Waals surface area contributed by atoms with Crippen LogP contribution in [0.25, 0.3) is 5.76 Å². The third-order valence-corrected chi connectivity index (χ3v) is 7.27. The maximum atomic E-state index is 13.3. The second-order valence-electron chi connectivity index (χ2n) is 7.81. The van der Waals surface area contributed by atoms with Crippen molar-refractivity contribution in [1.82, 2.24) is 4.98 Å². The number of thiazole rings is 1. The molecule has 10 heteroatoms. The van der Waals surface area contributed by atoms with E-state index in [1.54, 1.807) is 50.4 Å². The number of anilines is 1. The highest BCUT2D eigenvalue weighted by atomic mass is 79.9. The maximum Gasteiger partial charge on any atom is 0.350 e. The molecular formula is C25H21BrN2O6S. The van der Waals surface area contributed by atoms with Crippen molar-refractivity contribution in [1.29, 1.82) is 0 Å². The number of aliphatic hydroxyl groups is 1. The molecule has 0 bridgehead atoms. The Bertz CT molecular complexity index is 1400. The third-order valence-electron chi connectivity index (χ3n) is 5.64. The number of aryl methyl sites for hydroxylation is 2. The van der Waals surface area contributed by atoms with E-state index in [4.69, 9.17) is 9.47 Å². The van der Waals surface area contributed by atoms with Crippen LogP contribution in [0.3, 0.4) is 0 Å². The van der Waals surface area contributed by atoms with Crippen molar-refractivity contribution in [3.05, 3.63) is 79.8 Å². The van der Waals surface area contributed by atoms with Gasteiger partial charge in [-0.15, -0.1) is 0 Å². The number of nitrogens with zero attached hydrogens (tertiary/aromatic N) is 2. The number of ketones is 1. The van der Waals surface area contributed by atoms with Gasteiger partial charge < -0.3 is 14.6 Å². The quantitative estimate of drug-likeness (QED) is 0.205. The van der Waals surface area contributed by atoms with Gasteiger partial charge in [-0.1, -0.05) is 39.4 Å².